The largest absolute Gasteiger partial charge is 0.444 e. The predicted octanol–water partition coefficient (Wildman–Crippen LogP) is 4.94. The minimum absolute atomic E-state index is 0.165. The van der Waals surface area contributed by atoms with Crippen molar-refractivity contribution in [2.45, 2.75) is 84.9 Å². The van der Waals surface area contributed by atoms with Crippen LogP contribution in [0, 0.1) is 0 Å². The molecule has 25 heavy (non-hydrogen) atoms. The third-order valence-corrected chi connectivity index (χ3v) is 4.15. The maximum atomic E-state index is 11.8. The first-order chi connectivity index (χ1) is 11.4. The summed E-state index contributed by atoms with van der Waals surface area (Å²) in [6.07, 6.45) is 0.565. The van der Waals surface area contributed by atoms with Crippen molar-refractivity contribution in [2.75, 3.05) is 6.54 Å². The molecular weight excluding hydrogens is 312 g/mol. The summed E-state index contributed by atoms with van der Waals surface area (Å²) in [5.41, 5.74) is 2.28. The number of carbonyl (C=O) groups is 1. The van der Waals surface area contributed by atoms with E-state index in [-0.39, 0.29) is 23.6 Å². The molecule has 0 aliphatic carbocycles. The molecule has 0 heterocycles. The van der Waals surface area contributed by atoms with Crippen LogP contribution in [0.5, 0.6) is 0 Å². The quantitative estimate of drug-likeness (QED) is 0.766. The van der Waals surface area contributed by atoms with E-state index < -0.39 is 5.60 Å². The van der Waals surface area contributed by atoms with Gasteiger partial charge in [-0.2, -0.15) is 0 Å². The van der Waals surface area contributed by atoms with Gasteiger partial charge in [0.1, 0.15) is 5.60 Å². The van der Waals surface area contributed by atoms with Gasteiger partial charge in [0.15, 0.2) is 0 Å². The zero-order valence-corrected chi connectivity index (χ0v) is 17.2. The van der Waals surface area contributed by atoms with Crippen LogP contribution in [-0.2, 0) is 10.2 Å². The smallest absolute Gasteiger partial charge is 0.407 e. The number of hydrogen-bond acceptors (Lipinski definition) is 3. The lowest BCUT2D eigenvalue weighted by Gasteiger charge is -2.25. The summed E-state index contributed by atoms with van der Waals surface area (Å²) >= 11 is 0. The maximum Gasteiger partial charge on any atom is 0.407 e. The van der Waals surface area contributed by atoms with Crippen molar-refractivity contribution in [1.29, 1.82) is 0 Å². The number of hydrogen-bond donors (Lipinski definition) is 2. The fraction of sp³-hybridized carbons (Fsp3) is 0.667. The molecule has 0 aromatic heterocycles. The van der Waals surface area contributed by atoms with Crippen molar-refractivity contribution in [3.05, 3.63) is 35.4 Å². The highest BCUT2D eigenvalue weighted by atomic mass is 16.6. The molecule has 2 atom stereocenters. The third-order valence-electron chi connectivity index (χ3n) is 4.15. The molecule has 0 fully saturated rings. The van der Waals surface area contributed by atoms with Crippen LogP contribution in [0.3, 0.4) is 0 Å². The Hall–Kier alpha value is -1.55. The minimum Gasteiger partial charge on any atom is -0.444 e. The standard InChI is InChI=1S/C21H36N2O2/c1-9-18(14-22-19(24)25-21(6,7)8)23-15(2)16-10-12-17(13-11-16)20(3,4)5/h10-13,15,18,23H,9,14H2,1-8H3,(H,22,24). The van der Waals surface area contributed by atoms with Crippen molar-refractivity contribution >= 4 is 6.09 Å². The second-order valence-corrected chi connectivity index (χ2v) is 8.75. The highest BCUT2D eigenvalue weighted by Crippen LogP contribution is 2.24. The molecule has 142 valence electrons. The Morgan fingerprint density at radius 3 is 2.08 bits per heavy atom. The van der Waals surface area contributed by atoms with Crippen LogP contribution in [-0.4, -0.2) is 24.3 Å². The highest BCUT2D eigenvalue weighted by Gasteiger charge is 2.18. The van der Waals surface area contributed by atoms with Crippen molar-refractivity contribution < 1.29 is 9.53 Å². The predicted molar refractivity (Wildman–Crippen MR) is 105 cm³/mol. The first-order valence-corrected chi connectivity index (χ1v) is 9.25. The van der Waals surface area contributed by atoms with Crippen LogP contribution in [0.4, 0.5) is 4.79 Å². The molecule has 1 amide bonds. The van der Waals surface area contributed by atoms with Crippen LogP contribution >= 0.6 is 0 Å². The number of carbonyl (C=O) groups excluding carboxylic acids is 1. The van der Waals surface area contributed by atoms with E-state index in [1.54, 1.807) is 0 Å². The van der Waals surface area contributed by atoms with Gasteiger partial charge in [-0.25, -0.2) is 4.79 Å². The number of alkyl carbamates (subject to hydrolysis) is 1. The molecule has 0 bridgehead atoms. The summed E-state index contributed by atoms with van der Waals surface area (Å²) in [5, 5.41) is 6.44. The number of benzene rings is 1. The number of ether oxygens (including phenoxy) is 1. The fourth-order valence-electron chi connectivity index (χ4n) is 2.56. The SMILES string of the molecule is CCC(CNC(=O)OC(C)(C)C)NC(C)c1ccc(C(C)(C)C)cc1. The summed E-state index contributed by atoms with van der Waals surface area (Å²) in [6, 6.07) is 9.20. The Balaban J connectivity index is 2.58. The molecular formula is C21H36N2O2. The summed E-state index contributed by atoms with van der Waals surface area (Å²) in [4.78, 5) is 11.8. The van der Waals surface area contributed by atoms with Crippen molar-refractivity contribution in [3.63, 3.8) is 0 Å². The molecule has 0 saturated carbocycles. The lowest BCUT2D eigenvalue weighted by atomic mass is 9.86. The molecule has 4 heteroatoms. The van der Waals surface area contributed by atoms with E-state index in [1.165, 1.54) is 11.1 Å². The third kappa shape index (κ3) is 7.91. The fourth-order valence-corrected chi connectivity index (χ4v) is 2.56. The number of amides is 1. The molecule has 2 N–H and O–H groups in total. The van der Waals surface area contributed by atoms with Crippen LogP contribution in [0.1, 0.15) is 79.0 Å². The zero-order valence-electron chi connectivity index (χ0n) is 17.2. The topological polar surface area (TPSA) is 50.4 Å². The van der Waals surface area contributed by atoms with E-state index in [0.717, 1.165) is 6.42 Å². The van der Waals surface area contributed by atoms with Crippen LogP contribution in [0.15, 0.2) is 24.3 Å². The van der Waals surface area contributed by atoms with Gasteiger partial charge in [-0.15, -0.1) is 0 Å². The molecule has 1 aromatic carbocycles. The van der Waals surface area contributed by atoms with E-state index in [9.17, 15) is 4.79 Å². The molecule has 0 aliphatic rings. The van der Waals surface area contributed by atoms with Crippen molar-refractivity contribution in [1.82, 2.24) is 10.6 Å². The molecule has 0 aliphatic heterocycles. The molecule has 2 unspecified atom stereocenters. The van der Waals surface area contributed by atoms with Gasteiger partial charge in [-0.05, 0) is 50.7 Å². The van der Waals surface area contributed by atoms with Crippen LogP contribution in [0.25, 0.3) is 0 Å². The average Bonchev–Trinajstić information content (AvgIpc) is 2.48. The van der Waals surface area contributed by atoms with Gasteiger partial charge in [0.05, 0.1) is 0 Å². The second kappa shape index (κ2) is 8.70. The summed E-state index contributed by atoms with van der Waals surface area (Å²) in [6.45, 7) is 17.1. The summed E-state index contributed by atoms with van der Waals surface area (Å²) in [7, 11) is 0. The zero-order chi connectivity index (χ0) is 19.3. The maximum absolute atomic E-state index is 11.8. The highest BCUT2D eigenvalue weighted by molar-refractivity contribution is 5.67. The van der Waals surface area contributed by atoms with Crippen LogP contribution in [0.2, 0.25) is 0 Å². The lowest BCUT2D eigenvalue weighted by molar-refractivity contribution is 0.0521. The van der Waals surface area contributed by atoms with Crippen molar-refractivity contribution in [2.24, 2.45) is 0 Å². The number of nitrogens with one attached hydrogen (secondary N) is 2. The van der Waals surface area contributed by atoms with E-state index in [0.29, 0.717) is 6.54 Å². The van der Waals surface area contributed by atoms with Crippen molar-refractivity contribution in [3.8, 4) is 0 Å². The normalized spacial score (nSPS) is 14.7. The molecule has 4 nitrogen and oxygen atoms in total. The first kappa shape index (κ1) is 21.5. The van der Waals surface area contributed by atoms with Gasteiger partial charge < -0.3 is 15.4 Å². The molecule has 0 saturated heterocycles. The van der Waals surface area contributed by atoms with Gasteiger partial charge in [0.2, 0.25) is 0 Å². The van der Waals surface area contributed by atoms with Crippen LogP contribution < -0.4 is 10.6 Å². The monoisotopic (exact) mass is 348 g/mol. The Kier molecular flexibility index (Phi) is 7.48. The Bertz CT molecular complexity index is 538. The van der Waals surface area contributed by atoms with E-state index >= 15 is 0 Å². The molecule has 1 rings (SSSR count). The van der Waals surface area contributed by atoms with Gasteiger partial charge in [0.25, 0.3) is 0 Å². The lowest BCUT2D eigenvalue weighted by Crippen LogP contribution is -2.43. The van der Waals surface area contributed by atoms with E-state index in [2.05, 4.69) is 69.5 Å². The Morgan fingerprint density at radius 2 is 1.64 bits per heavy atom. The Labute approximate surface area is 153 Å². The second-order valence-electron chi connectivity index (χ2n) is 8.75. The van der Waals surface area contributed by atoms with E-state index in [1.807, 2.05) is 20.8 Å². The molecule has 0 spiro atoms. The number of rotatable bonds is 6. The Morgan fingerprint density at radius 1 is 1.08 bits per heavy atom. The van der Waals surface area contributed by atoms with Gasteiger partial charge in [0, 0.05) is 18.6 Å². The van der Waals surface area contributed by atoms with Gasteiger partial charge in [-0.1, -0.05) is 52.0 Å². The van der Waals surface area contributed by atoms with Gasteiger partial charge >= 0.3 is 6.09 Å². The first-order valence-electron chi connectivity index (χ1n) is 9.25. The molecule has 0 radical (unpaired) electrons. The average molecular weight is 349 g/mol. The summed E-state index contributed by atoms with van der Waals surface area (Å²) < 4.78 is 5.29. The summed E-state index contributed by atoms with van der Waals surface area (Å²) in [5.74, 6) is 0. The van der Waals surface area contributed by atoms with E-state index in [4.69, 9.17) is 4.74 Å². The minimum atomic E-state index is -0.471. The van der Waals surface area contributed by atoms with Gasteiger partial charge in [-0.3, -0.25) is 0 Å². The molecule has 1 aromatic rings.